The summed E-state index contributed by atoms with van der Waals surface area (Å²) in [5.74, 6) is -1.28. The van der Waals surface area contributed by atoms with Crippen LogP contribution in [0.15, 0.2) is 42.5 Å². The summed E-state index contributed by atoms with van der Waals surface area (Å²) in [6, 6.07) is 11.2. The molecule has 2 rings (SSSR count). The van der Waals surface area contributed by atoms with Crippen LogP contribution in [-0.4, -0.2) is 23.9 Å². The molecule has 124 valence electrons. The fraction of sp³-hybridized carbons (Fsp3) is 0.294. The Bertz CT molecular complexity index is 634. The monoisotopic (exact) mass is 377 g/mol. The number of rotatable bonds is 7. The summed E-state index contributed by atoms with van der Waals surface area (Å²) >= 11 is 18.2. The minimum Gasteiger partial charge on any atom is -0.296 e. The van der Waals surface area contributed by atoms with Gasteiger partial charge in [-0.05, 0) is 35.4 Å². The van der Waals surface area contributed by atoms with Crippen LogP contribution >= 0.6 is 34.8 Å². The maximum atomic E-state index is 13.3. The van der Waals surface area contributed by atoms with Gasteiger partial charge >= 0.3 is 0 Å². The average Bonchev–Trinajstić information content (AvgIpc) is 2.52. The second-order valence-electron chi connectivity index (χ2n) is 5.19. The molecule has 0 aromatic heterocycles. The zero-order valence-corrected chi connectivity index (χ0v) is 14.6. The van der Waals surface area contributed by atoms with Crippen molar-refractivity contribution in [2.45, 2.75) is 11.9 Å². The van der Waals surface area contributed by atoms with E-state index in [9.17, 15) is 8.78 Å². The molecule has 0 N–H and O–H groups in total. The van der Waals surface area contributed by atoms with Gasteiger partial charge in [0.05, 0.1) is 5.38 Å². The lowest BCUT2D eigenvalue weighted by molar-refractivity contribution is 0.281. The number of halogens is 5. The topological polar surface area (TPSA) is 3.24 Å². The van der Waals surface area contributed by atoms with E-state index in [1.807, 2.05) is 17.0 Å². The van der Waals surface area contributed by atoms with E-state index in [1.54, 1.807) is 18.2 Å². The van der Waals surface area contributed by atoms with Gasteiger partial charge in [-0.1, -0.05) is 29.8 Å². The van der Waals surface area contributed by atoms with E-state index in [1.165, 1.54) is 6.07 Å². The summed E-state index contributed by atoms with van der Waals surface area (Å²) in [7, 11) is 0. The third-order valence-electron chi connectivity index (χ3n) is 3.44. The average molecular weight is 379 g/mol. The molecule has 0 aliphatic heterocycles. The molecule has 0 saturated heterocycles. The van der Waals surface area contributed by atoms with Gasteiger partial charge in [0.25, 0.3) is 0 Å². The van der Waals surface area contributed by atoms with Crippen molar-refractivity contribution in [3.05, 3.63) is 70.2 Å². The van der Waals surface area contributed by atoms with Crippen LogP contribution in [0, 0.1) is 11.6 Å². The molecule has 0 aliphatic rings. The zero-order chi connectivity index (χ0) is 16.8. The molecular formula is C17H16Cl3F2N. The highest BCUT2D eigenvalue weighted by Crippen LogP contribution is 2.24. The minimum atomic E-state index is -0.853. The van der Waals surface area contributed by atoms with Gasteiger partial charge in [-0.15, -0.1) is 23.2 Å². The highest BCUT2D eigenvalue weighted by atomic mass is 35.5. The molecule has 0 saturated carbocycles. The molecule has 1 atom stereocenters. The molecule has 0 radical (unpaired) electrons. The molecule has 2 aromatic rings. The predicted octanol–water partition coefficient (Wildman–Crippen LogP) is 5.64. The van der Waals surface area contributed by atoms with Crippen molar-refractivity contribution < 1.29 is 8.78 Å². The highest BCUT2D eigenvalue weighted by molar-refractivity contribution is 6.30. The lowest BCUT2D eigenvalue weighted by atomic mass is 10.1. The van der Waals surface area contributed by atoms with Gasteiger partial charge < -0.3 is 0 Å². The van der Waals surface area contributed by atoms with Crippen LogP contribution in [-0.2, 0) is 6.54 Å². The van der Waals surface area contributed by atoms with Crippen molar-refractivity contribution in [1.29, 1.82) is 0 Å². The van der Waals surface area contributed by atoms with Crippen molar-refractivity contribution in [2.24, 2.45) is 0 Å². The van der Waals surface area contributed by atoms with E-state index < -0.39 is 11.6 Å². The maximum Gasteiger partial charge on any atom is 0.159 e. The van der Waals surface area contributed by atoms with Crippen molar-refractivity contribution in [1.82, 2.24) is 4.90 Å². The minimum absolute atomic E-state index is 0.249. The standard InChI is InChI=1S/C17H16Cl3F2N/c18-7-8-23(10-12-1-6-16(21)17(22)9-12)11-15(20)13-2-4-14(19)5-3-13/h1-6,9,15H,7-8,10-11H2. The van der Waals surface area contributed by atoms with Crippen LogP contribution in [0.1, 0.15) is 16.5 Å². The quantitative estimate of drug-likeness (QED) is 0.564. The molecule has 0 amide bonds. The predicted molar refractivity (Wildman–Crippen MR) is 92.4 cm³/mol. The largest absolute Gasteiger partial charge is 0.296 e. The van der Waals surface area contributed by atoms with Crippen molar-refractivity contribution >= 4 is 34.8 Å². The third-order valence-corrected chi connectivity index (χ3v) is 4.25. The Balaban J connectivity index is 2.05. The lowest BCUT2D eigenvalue weighted by Crippen LogP contribution is -2.29. The zero-order valence-electron chi connectivity index (χ0n) is 12.3. The fourth-order valence-corrected chi connectivity index (χ4v) is 2.96. The summed E-state index contributed by atoms with van der Waals surface area (Å²) in [4.78, 5) is 2.01. The van der Waals surface area contributed by atoms with E-state index in [0.717, 1.165) is 11.6 Å². The van der Waals surface area contributed by atoms with Gasteiger partial charge in [-0.2, -0.15) is 0 Å². The maximum absolute atomic E-state index is 13.3. The molecular weight excluding hydrogens is 363 g/mol. The van der Waals surface area contributed by atoms with Crippen LogP contribution in [0.3, 0.4) is 0 Å². The first-order chi connectivity index (χ1) is 11.0. The van der Waals surface area contributed by atoms with Gasteiger partial charge in [0.1, 0.15) is 0 Å². The van der Waals surface area contributed by atoms with Crippen LogP contribution in [0.2, 0.25) is 5.02 Å². The van der Waals surface area contributed by atoms with E-state index in [-0.39, 0.29) is 5.38 Å². The summed E-state index contributed by atoms with van der Waals surface area (Å²) in [5, 5.41) is 0.401. The van der Waals surface area contributed by atoms with E-state index in [2.05, 4.69) is 0 Å². The Morgan fingerprint density at radius 1 is 1.00 bits per heavy atom. The SMILES string of the molecule is Fc1ccc(CN(CCCl)CC(Cl)c2ccc(Cl)cc2)cc1F. The molecule has 0 spiro atoms. The molecule has 0 aliphatic carbocycles. The third kappa shape index (κ3) is 5.61. The van der Waals surface area contributed by atoms with E-state index in [0.29, 0.717) is 36.1 Å². The molecule has 23 heavy (non-hydrogen) atoms. The van der Waals surface area contributed by atoms with Crippen molar-refractivity contribution in [3.8, 4) is 0 Å². The number of hydrogen-bond acceptors (Lipinski definition) is 1. The molecule has 0 bridgehead atoms. The number of hydrogen-bond donors (Lipinski definition) is 0. The summed E-state index contributed by atoms with van der Waals surface area (Å²) in [6.07, 6.45) is 0. The molecule has 0 fully saturated rings. The first-order valence-electron chi connectivity index (χ1n) is 7.11. The van der Waals surface area contributed by atoms with Crippen LogP contribution < -0.4 is 0 Å². The first kappa shape index (κ1) is 18.5. The second kappa shape index (κ2) is 8.84. The fourth-order valence-electron chi connectivity index (χ4n) is 2.25. The Morgan fingerprint density at radius 2 is 1.70 bits per heavy atom. The Hall–Kier alpha value is -0.870. The van der Waals surface area contributed by atoms with E-state index in [4.69, 9.17) is 34.8 Å². The van der Waals surface area contributed by atoms with Crippen LogP contribution in [0.4, 0.5) is 8.78 Å². The smallest absolute Gasteiger partial charge is 0.159 e. The second-order valence-corrected chi connectivity index (χ2v) is 6.53. The van der Waals surface area contributed by atoms with Gasteiger partial charge in [-0.25, -0.2) is 8.78 Å². The number of benzene rings is 2. The van der Waals surface area contributed by atoms with Gasteiger partial charge in [0.15, 0.2) is 11.6 Å². The molecule has 0 heterocycles. The Morgan fingerprint density at radius 3 is 2.30 bits per heavy atom. The van der Waals surface area contributed by atoms with E-state index >= 15 is 0 Å². The number of nitrogens with zero attached hydrogens (tertiary/aromatic N) is 1. The van der Waals surface area contributed by atoms with Gasteiger partial charge in [-0.3, -0.25) is 4.90 Å². The molecule has 6 heteroatoms. The lowest BCUT2D eigenvalue weighted by Gasteiger charge is -2.24. The molecule has 2 aromatic carbocycles. The summed E-state index contributed by atoms with van der Waals surface area (Å²) in [6.45, 7) is 1.58. The first-order valence-corrected chi connectivity index (χ1v) is 8.46. The molecule has 1 nitrogen and oxygen atoms in total. The summed E-state index contributed by atoms with van der Waals surface area (Å²) in [5.41, 5.74) is 1.62. The number of alkyl halides is 2. The summed E-state index contributed by atoms with van der Waals surface area (Å²) < 4.78 is 26.3. The van der Waals surface area contributed by atoms with Gasteiger partial charge in [0, 0.05) is 30.5 Å². The Labute approximate surface area is 149 Å². The molecule has 1 unspecified atom stereocenters. The Kier molecular flexibility index (Phi) is 7.09. The van der Waals surface area contributed by atoms with Gasteiger partial charge in [0.2, 0.25) is 0 Å². The van der Waals surface area contributed by atoms with Crippen LogP contribution in [0.5, 0.6) is 0 Å². The highest BCUT2D eigenvalue weighted by Gasteiger charge is 2.15. The van der Waals surface area contributed by atoms with Crippen LogP contribution in [0.25, 0.3) is 0 Å². The normalized spacial score (nSPS) is 12.6. The van der Waals surface area contributed by atoms with Crippen molar-refractivity contribution in [2.75, 3.05) is 19.0 Å². The van der Waals surface area contributed by atoms with Crippen molar-refractivity contribution in [3.63, 3.8) is 0 Å².